The Morgan fingerprint density at radius 2 is 1.33 bits per heavy atom. The number of imidazole rings is 1. The van der Waals surface area contributed by atoms with Crippen LogP contribution in [0.25, 0.3) is 21.7 Å². The van der Waals surface area contributed by atoms with Crippen molar-refractivity contribution < 1.29 is 24.0 Å². The van der Waals surface area contributed by atoms with Crippen LogP contribution in [0.3, 0.4) is 0 Å². The van der Waals surface area contributed by atoms with Crippen molar-refractivity contribution in [2.75, 3.05) is 6.54 Å². The van der Waals surface area contributed by atoms with Crippen LogP contribution in [0.15, 0.2) is 90.4 Å². The van der Waals surface area contributed by atoms with Crippen LogP contribution in [0.2, 0.25) is 0 Å². The van der Waals surface area contributed by atoms with Crippen LogP contribution in [0.4, 0.5) is 0 Å². The minimum atomic E-state index is -1.20. The number of fused-ring (bicyclic) bond motifs is 2. The minimum absolute atomic E-state index is 0.0442. The average molecular weight is 736 g/mol. The summed E-state index contributed by atoms with van der Waals surface area (Å²) in [6.45, 7) is 1.45. The number of aliphatic imine (C=N–C) groups is 1. The third-order valence-corrected chi connectivity index (χ3v) is 8.95. The molecule has 0 fully saturated rings. The van der Waals surface area contributed by atoms with Gasteiger partial charge < -0.3 is 48.4 Å². The van der Waals surface area contributed by atoms with Gasteiger partial charge in [0.25, 0.3) is 0 Å². The largest absolute Gasteiger partial charge is 0.370 e. The van der Waals surface area contributed by atoms with Crippen molar-refractivity contribution in [1.82, 2.24) is 36.2 Å². The zero-order valence-electron chi connectivity index (χ0n) is 29.8. The highest BCUT2D eigenvalue weighted by molar-refractivity contribution is 5.96. The fourth-order valence-electron chi connectivity index (χ4n) is 6.30. The predicted molar refractivity (Wildman–Crippen MR) is 204 cm³/mol. The van der Waals surface area contributed by atoms with Crippen LogP contribution in [0.5, 0.6) is 0 Å². The van der Waals surface area contributed by atoms with Crippen LogP contribution in [0.1, 0.15) is 36.6 Å². The molecule has 282 valence electrons. The number of guanidine groups is 1. The van der Waals surface area contributed by atoms with Crippen LogP contribution >= 0.6 is 0 Å². The lowest BCUT2D eigenvalue weighted by Crippen LogP contribution is -2.59. The summed E-state index contributed by atoms with van der Waals surface area (Å²) in [4.78, 5) is 80.9. The van der Waals surface area contributed by atoms with Gasteiger partial charge in [0.15, 0.2) is 5.96 Å². The molecule has 0 aliphatic carbocycles. The quantitative estimate of drug-likeness (QED) is 0.0348. The molecule has 0 radical (unpaired) electrons. The molecule has 0 saturated carbocycles. The molecule has 4 atom stereocenters. The molecule has 54 heavy (non-hydrogen) atoms. The number of hydrogen-bond acceptors (Lipinski definition) is 7. The molecular formula is C38H45N11O5. The fraction of sp³-hybridized carbons (Fsp3) is 0.289. The summed E-state index contributed by atoms with van der Waals surface area (Å²) in [7, 11) is 0. The van der Waals surface area contributed by atoms with E-state index in [2.05, 4.69) is 41.2 Å². The Labute approximate surface area is 311 Å². The Kier molecular flexibility index (Phi) is 13.0. The number of aromatic amines is 2. The monoisotopic (exact) mass is 735 g/mol. The van der Waals surface area contributed by atoms with E-state index in [0.29, 0.717) is 5.69 Å². The summed E-state index contributed by atoms with van der Waals surface area (Å²) >= 11 is 0. The van der Waals surface area contributed by atoms with Gasteiger partial charge in [0.05, 0.1) is 6.33 Å². The average Bonchev–Trinajstić information content (AvgIpc) is 3.81. The molecule has 0 saturated heterocycles. The van der Waals surface area contributed by atoms with E-state index in [1.807, 2.05) is 66.7 Å². The summed E-state index contributed by atoms with van der Waals surface area (Å²) in [5.74, 6) is -3.30. The molecule has 2 heterocycles. The van der Waals surface area contributed by atoms with Gasteiger partial charge in [-0.3, -0.25) is 29.0 Å². The number of aromatic nitrogens is 3. The summed E-state index contributed by atoms with van der Waals surface area (Å²) in [6.07, 6.45) is 5.33. The summed E-state index contributed by atoms with van der Waals surface area (Å²) in [6, 6.07) is 16.2. The van der Waals surface area contributed by atoms with Gasteiger partial charge in [0.2, 0.25) is 29.5 Å². The van der Waals surface area contributed by atoms with Gasteiger partial charge in [-0.25, -0.2) is 4.98 Å². The van der Waals surface area contributed by atoms with Gasteiger partial charge in [-0.1, -0.05) is 60.7 Å². The molecule has 5 aromatic rings. The number of nitrogens with one attached hydrogen (secondary N) is 6. The number of nitrogens with zero attached hydrogens (tertiary/aromatic N) is 2. The molecule has 16 nitrogen and oxygen atoms in total. The Morgan fingerprint density at radius 3 is 2.04 bits per heavy atom. The Bertz CT molecular complexity index is 2120. The SMILES string of the molecule is CC(=O)N[C@@H](Cc1cnc[nH]1)C(=O)N[C@H](Cc1cccc2ccccc12)C(=O)N[C@@H](CCCN=C(N)N)C(=O)N[C@@H](Cc1c[nH]c2ccccc12)C(N)=O. The number of rotatable bonds is 18. The highest BCUT2D eigenvalue weighted by Crippen LogP contribution is 2.21. The lowest BCUT2D eigenvalue weighted by molar-refractivity contribution is -0.134. The molecule has 0 spiro atoms. The maximum Gasteiger partial charge on any atom is 0.243 e. The number of amides is 5. The maximum absolute atomic E-state index is 14.3. The lowest BCUT2D eigenvalue weighted by atomic mass is 9.97. The zero-order chi connectivity index (χ0) is 38.6. The number of carbonyl (C=O) groups is 5. The Balaban J connectivity index is 1.41. The molecule has 3 aromatic carbocycles. The zero-order valence-corrected chi connectivity index (χ0v) is 29.8. The summed E-state index contributed by atoms with van der Waals surface area (Å²) in [5.41, 5.74) is 19.8. The maximum atomic E-state index is 14.3. The van der Waals surface area contributed by atoms with Crippen molar-refractivity contribution in [3.05, 3.63) is 102 Å². The minimum Gasteiger partial charge on any atom is -0.370 e. The highest BCUT2D eigenvalue weighted by atomic mass is 16.2. The molecular weight excluding hydrogens is 690 g/mol. The topological polar surface area (TPSA) is 268 Å². The van der Waals surface area contributed by atoms with Crippen molar-refractivity contribution in [1.29, 1.82) is 0 Å². The summed E-state index contributed by atoms with van der Waals surface area (Å²) < 4.78 is 0. The molecule has 0 aliphatic rings. The van der Waals surface area contributed by atoms with E-state index >= 15 is 0 Å². The molecule has 16 heteroatoms. The normalized spacial score (nSPS) is 13.3. The molecule has 2 aromatic heterocycles. The lowest BCUT2D eigenvalue weighted by Gasteiger charge is -2.26. The van der Waals surface area contributed by atoms with E-state index in [1.165, 1.54) is 19.4 Å². The second-order valence-corrected chi connectivity index (χ2v) is 13.0. The van der Waals surface area contributed by atoms with Gasteiger partial charge in [-0.15, -0.1) is 0 Å². The van der Waals surface area contributed by atoms with Gasteiger partial charge in [-0.05, 0) is 40.8 Å². The van der Waals surface area contributed by atoms with Crippen LogP contribution < -0.4 is 38.5 Å². The first-order valence-electron chi connectivity index (χ1n) is 17.5. The van der Waals surface area contributed by atoms with Gasteiger partial charge in [0, 0.05) is 61.7 Å². The number of hydrogen-bond donors (Lipinski definition) is 9. The number of benzene rings is 3. The van der Waals surface area contributed by atoms with Gasteiger partial charge in [0.1, 0.15) is 24.2 Å². The predicted octanol–water partition coefficient (Wildman–Crippen LogP) is 0.570. The van der Waals surface area contributed by atoms with Gasteiger partial charge >= 0.3 is 0 Å². The molecule has 5 amide bonds. The number of H-pyrrole nitrogens is 2. The standard InChI is InChI=1S/C38H45N11O5/c1-22(50)46-33(18-26-20-42-21-45-26)37(54)49-32(16-24-10-6-9-23-8-2-3-11-27(23)24)36(53)47-30(14-7-15-43-38(40)41)35(52)48-31(34(39)51)17-25-19-44-29-13-5-4-12-28(25)29/h2-6,8-13,19-21,30-33,44H,7,14-18H2,1H3,(H2,39,51)(H,42,45)(H,46,50)(H,47,53)(H,48,52)(H,49,54)(H4,40,41,43)/t30-,31-,32+,33-/m0/s1. The number of nitrogens with two attached hydrogens (primary N) is 3. The second-order valence-electron chi connectivity index (χ2n) is 13.0. The van der Waals surface area contributed by atoms with Crippen LogP contribution in [-0.4, -0.2) is 81.2 Å². The smallest absolute Gasteiger partial charge is 0.243 e. The first kappa shape index (κ1) is 38.5. The number of primary amides is 1. The van der Waals surface area contributed by atoms with Crippen LogP contribution in [0, 0.1) is 0 Å². The van der Waals surface area contributed by atoms with Crippen LogP contribution in [-0.2, 0) is 43.2 Å². The van der Waals surface area contributed by atoms with Crippen molar-refractivity contribution in [2.45, 2.75) is 63.2 Å². The Morgan fingerprint density at radius 1 is 0.704 bits per heavy atom. The second kappa shape index (κ2) is 18.2. The van der Waals surface area contributed by atoms with Crippen molar-refractivity contribution >= 4 is 57.2 Å². The van der Waals surface area contributed by atoms with E-state index < -0.39 is 53.7 Å². The fourth-order valence-corrected chi connectivity index (χ4v) is 6.30. The molecule has 0 aliphatic heterocycles. The van der Waals surface area contributed by atoms with E-state index in [1.54, 1.807) is 6.20 Å². The number of para-hydroxylation sites is 1. The Hall–Kier alpha value is -6.71. The first-order valence-corrected chi connectivity index (χ1v) is 17.5. The third kappa shape index (κ3) is 10.4. The van der Waals surface area contributed by atoms with Crippen molar-refractivity contribution in [2.24, 2.45) is 22.2 Å². The van der Waals surface area contributed by atoms with E-state index in [0.717, 1.165) is 32.8 Å². The van der Waals surface area contributed by atoms with Crippen molar-refractivity contribution in [3.63, 3.8) is 0 Å². The first-order chi connectivity index (χ1) is 26.0. The molecule has 0 bridgehead atoms. The van der Waals surface area contributed by atoms with E-state index in [-0.39, 0.29) is 44.6 Å². The molecule has 12 N–H and O–H groups in total. The van der Waals surface area contributed by atoms with Gasteiger partial charge in [-0.2, -0.15) is 0 Å². The van der Waals surface area contributed by atoms with E-state index in [4.69, 9.17) is 17.2 Å². The third-order valence-electron chi connectivity index (χ3n) is 8.95. The summed E-state index contributed by atoms with van der Waals surface area (Å²) in [5, 5.41) is 13.7. The molecule has 5 rings (SSSR count). The van der Waals surface area contributed by atoms with E-state index in [9.17, 15) is 24.0 Å². The number of carbonyl (C=O) groups excluding carboxylic acids is 5. The molecule has 0 unspecified atom stereocenters. The highest BCUT2D eigenvalue weighted by Gasteiger charge is 2.32. The van der Waals surface area contributed by atoms with Crippen molar-refractivity contribution in [3.8, 4) is 0 Å².